The van der Waals surface area contributed by atoms with Crippen LogP contribution in [0.2, 0.25) is 0 Å². The minimum Gasteiger partial charge on any atom is -0.489 e. The number of ketones is 1. The highest BCUT2D eigenvalue weighted by Crippen LogP contribution is 2.24. The summed E-state index contributed by atoms with van der Waals surface area (Å²) in [5.41, 5.74) is 1.20. The quantitative estimate of drug-likeness (QED) is 0.661. The van der Waals surface area contributed by atoms with Gasteiger partial charge in [0.15, 0.2) is 5.78 Å². The number of Topliss-reactive ketones (excluding diaryl/α,β-unsaturated/α-hetero) is 1. The molecule has 0 radical (unpaired) electrons. The van der Waals surface area contributed by atoms with Crippen molar-refractivity contribution in [3.05, 3.63) is 65.7 Å². The van der Waals surface area contributed by atoms with Crippen LogP contribution >= 0.6 is 0 Å². The summed E-state index contributed by atoms with van der Waals surface area (Å²) in [7, 11) is 0. The number of piperidine rings is 1. The first-order valence-electron chi connectivity index (χ1n) is 10.1. The van der Waals surface area contributed by atoms with E-state index in [0.717, 1.165) is 24.2 Å². The Morgan fingerprint density at radius 2 is 1.72 bits per heavy atom. The Morgan fingerprint density at radius 1 is 1.03 bits per heavy atom. The van der Waals surface area contributed by atoms with E-state index in [1.165, 1.54) is 0 Å². The minimum absolute atomic E-state index is 0.0628. The highest BCUT2D eigenvalue weighted by molar-refractivity contribution is 5.98. The summed E-state index contributed by atoms with van der Waals surface area (Å²) in [4.78, 5) is 26.9. The SMILES string of the molecule is CC(C)(C)OC(=O)N1CCCC(C(=O)c2ccc(OCc3ccccc3)cc2)C1. The number of amides is 1. The zero-order chi connectivity index (χ0) is 20.9. The van der Waals surface area contributed by atoms with Gasteiger partial charge in [0.1, 0.15) is 18.0 Å². The number of likely N-dealkylation sites (tertiary alicyclic amines) is 1. The van der Waals surface area contributed by atoms with Crippen molar-refractivity contribution in [3.8, 4) is 5.75 Å². The van der Waals surface area contributed by atoms with Crippen LogP contribution in [-0.4, -0.2) is 35.5 Å². The zero-order valence-corrected chi connectivity index (χ0v) is 17.4. The van der Waals surface area contributed by atoms with Gasteiger partial charge in [-0.2, -0.15) is 0 Å². The number of benzene rings is 2. The molecule has 1 fully saturated rings. The van der Waals surface area contributed by atoms with Gasteiger partial charge < -0.3 is 14.4 Å². The van der Waals surface area contributed by atoms with E-state index < -0.39 is 5.60 Å². The Morgan fingerprint density at radius 3 is 2.38 bits per heavy atom. The second kappa shape index (κ2) is 9.12. The molecular formula is C24H29NO4. The van der Waals surface area contributed by atoms with Gasteiger partial charge in [-0.3, -0.25) is 4.79 Å². The van der Waals surface area contributed by atoms with Crippen molar-refractivity contribution in [1.29, 1.82) is 0 Å². The van der Waals surface area contributed by atoms with Gasteiger partial charge in [-0.05, 0) is 63.4 Å². The molecule has 1 atom stereocenters. The third-order valence-corrected chi connectivity index (χ3v) is 4.83. The molecule has 29 heavy (non-hydrogen) atoms. The van der Waals surface area contributed by atoms with Crippen molar-refractivity contribution < 1.29 is 19.1 Å². The summed E-state index contributed by atoms with van der Waals surface area (Å²) >= 11 is 0. The maximum absolute atomic E-state index is 12.9. The highest BCUT2D eigenvalue weighted by atomic mass is 16.6. The van der Waals surface area contributed by atoms with Crippen molar-refractivity contribution in [2.24, 2.45) is 5.92 Å². The molecule has 2 aromatic carbocycles. The Balaban J connectivity index is 1.57. The number of ether oxygens (including phenoxy) is 2. The van der Waals surface area contributed by atoms with Crippen LogP contribution in [0.1, 0.15) is 49.5 Å². The van der Waals surface area contributed by atoms with Gasteiger partial charge in [0.2, 0.25) is 0 Å². The molecule has 0 aromatic heterocycles. The van der Waals surface area contributed by atoms with Crippen LogP contribution in [0.4, 0.5) is 4.79 Å². The molecular weight excluding hydrogens is 366 g/mol. The number of carbonyl (C=O) groups excluding carboxylic acids is 2. The highest BCUT2D eigenvalue weighted by Gasteiger charge is 2.31. The summed E-state index contributed by atoms with van der Waals surface area (Å²) in [6.45, 7) is 7.06. The third kappa shape index (κ3) is 6.08. The Bertz CT molecular complexity index is 824. The fourth-order valence-corrected chi connectivity index (χ4v) is 3.38. The van der Waals surface area contributed by atoms with Crippen LogP contribution in [0, 0.1) is 5.92 Å². The van der Waals surface area contributed by atoms with Crippen LogP contribution in [0.5, 0.6) is 5.75 Å². The monoisotopic (exact) mass is 395 g/mol. The van der Waals surface area contributed by atoms with Crippen LogP contribution in [0.25, 0.3) is 0 Å². The van der Waals surface area contributed by atoms with Crippen molar-refractivity contribution in [2.45, 2.75) is 45.8 Å². The van der Waals surface area contributed by atoms with E-state index >= 15 is 0 Å². The molecule has 0 N–H and O–H groups in total. The van der Waals surface area contributed by atoms with Gasteiger partial charge in [0, 0.05) is 24.6 Å². The first-order chi connectivity index (χ1) is 13.8. The number of nitrogens with zero attached hydrogens (tertiary/aromatic N) is 1. The molecule has 1 heterocycles. The van der Waals surface area contributed by atoms with Gasteiger partial charge in [0.05, 0.1) is 0 Å². The van der Waals surface area contributed by atoms with Crippen molar-refractivity contribution in [3.63, 3.8) is 0 Å². The van der Waals surface area contributed by atoms with E-state index in [-0.39, 0.29) is 17.8 Å². The topological polar surface area (TPSA) is 55.8 Å². The van der Waals surface area contributed by atoms with Crippen LogP contribution < -0.4 is 4.74 Å². The maximum Gasteiger partial charge on any atom is 0.410 e. The molecule has 0 saturated carbocycles. The van der Waals surface area contributed by atoms with Crippen LogP contribution in [-0.2, 0) is 11.3 Å². The molecule has 2 aromatic rings. The van der Waals surface area contributed by atoms with Gasteiger partial charge >= 0.3 is 6.09 Å². The predicted molar refractivity (Wildman–Crippen MR) is 112 cm³/mol. The summed E-state index contributed by atoms with van der Waals surface area (Å²) in [6, 6.07) is 17.2. The third-order valence-electron chi connectivity index (χ3n) is 4.83. The lowest BCUT2D eigenvalue weighted by Gasteiger charge is -2.33. The molecule has 0 spiro atoms. The average Bonchev–Trinajstić information content (AvgIpc) is 2.72. The summed E-state index contributed by atoms with van der Waals surface area (Å²) in [5, 5.41) is 0. The maximum atomic E-state index is 12.9. The number of rotatable bonds is 5. The average molecular weight is 395 g/mol. The van der Waals surface area contributed by atoms with Gasteiger partial charge in [-0.15, -0.1) is 0 Å². The lowest BCUT2D eigenvalue weighted by molar-refractivity contribution is 0.0172. The second-order valence-electron chi connectivity index (χ2n) is 8.43. The molecule has 1 amide bonds. The van der Waals surface area contributed by atoms with Gasteiger partial charge in [0.25, 0.3) is 0 Å². The van der Waals surface area contributed by atoms with Crippen LogP contribution in [0.3, 0.4) is 0 Å². The van der Waals surface area contributed by atoms with Crippen molar-refractivity contribution >= 4 is 11.9 Å². The van der Waals surface area contributed by atoms with E-state index in [9.17, 15) is 9.59 Å². The molecule has 5 nitrogen and oxygen atoms in total. The normalized spacial score (nSPS) is 16.9. The summed E-state index contributed by atoms with van der Waals surface area (Å²) in [5.74, 6) is 0.588. The predicted octanol–water partition coefficient (Wildman–Crippen LogP) is 5.10. The Hall–Kier alpha value is -2.82. The molecule has 3 rings (SSSR count). The van der Waals surface area contributed by atoms with E-state index in [2.05, 4.69) is 0 Å². The molecule has 0 bridgehead atoms. The van der Waals surface area contributed by atoms with Crippen molar-refractivity contribution in [1.82, 2.24) is 4.90 Å². The second-order valence-corrected chi connectivity index (χ2v) is 8.43. The smallest absolute Gasteiger partial charge is 0.410 e. The van der Waals surface area contributed by atoms with Crippen LogP contribution in [0.15, 0.2) is 54.6 Å². The van der Waals surface area contributed by atoms with E-state index in [1.54, 1.807) is 17.0 Å². The lowest BCUT2D eigenvalue weighted by Crippen LogP contribution is -2.44. The molecule has 0 aliphatic carbocycles. The number of hydrogen-bond donors (Lipinski definition) is 0. The fourth-order valence-electron chi connectivity index (χ4n) is 3.38. The molecule has 1 aliphatic rings. The van der Waals surface area contributed by atoms with E-state index in [0.29, 0.717) is 25.3 Å². The van der Waals surface area contributed by atoms with Gasteiger partial charge in [-0.25, -0.2) is 4.79 Å². The number of hydrogen-bond acceptors (Lipinski definition) is 4. The number of carbonyl (C=O) groups is 2. The molecule has 5 heteroatoms. The fraction of sp³-hybridized carbons (Fsp3) is 0.417. The summed E-state index contributed by atoms with van der Waals surface area (Å²) in [6.07, 6.45) is 1.23. The molecule has 1 unspecified atom stereocenters. The zero-order valence-electron chi connectivity index (χ0n) is 17.4. The minimum atomic E-state index is -0.538. The molecule has 154 valence electrons. The largest absolute Gasteiger partial charge is 0.489 e. The Labute approximate surface area is 172 Å². The van der Waals surface area contributed by atoms with Crippen molar-refractivity contribution in [2.75, 3.05) is 13.1 Å². The lowest BCUT2D eigenvalue weighted by atomic mass is 9.90. The van der Waals surface area contributed by atoms with Gasteiger partial charge in [-0.1, -0.05) is 30.3 Å². The first kappa shape index (κ1) is 20.9. The molecule has 1 saturated heterocycles. The standard InChI is InChI=1S/C24H29NO4/c1-24(2,3)29-23(27)25-15-7-10-20(16-25)22(26)19-11-13-21(14-12-19)28-17-18-8-5-4-6-9-18/h4-6,8-9,11-14,20H,7,10,15-17H2,1-3H3. The van der Waals surface area contributed by atoms with E-state index in [1.807, 2.05) is 63.2 Å². The Kier molecular flexibility index (Phi) is 6.57. The summed E-state index contributed by atoms with van der Waals surface area (Å²) < 4.78 is 11.2. The van der Waals surface area contributed by atoms with E-state index in [4.69, 9.17) is 9.47 Å². The molecule has 1 aliphatic heterocycles. The first-order valence-corrected chi connectivity index (χ1v) is 10.1.